The lowest BCUT2D eigenvalue weighted by atomic mass is 9.64. The molecule has 0 spiro atoms. The molecule has 3 nitrogen and oxygen atoms in total. The lowest BCUT2D eigenvalue weighted by Crippen LogP contribution is -2.85. The molecule has 1 rings (SSSR count). The van der Waals surface area contributed by atoms with Crippen LogP contribution in [0.3, 0.4) is 0 Å². The molecule has 0 saturated heterocycles. The lowest BCUT2D eigenvalue weighted by Gasteiger charge is -2.55. The van der Waals surface area contributed by atoms with Gasteiger partial charge in [-0.1, -0.05) is 0 Å². The van der Waals surface area contributed by atoms with Crippen molar-refractivity contribution in [1.29, 1.82) is 0 Å². The normalized spacial score (nSPS) is 27.5. The van der Waals surface area contributed by atoms with Crippen molar-refractivity contribution in [2.45, 2.75) is 77.5 Å². The second-order valence-electron chi connectivity index (χ2n) is 8.92. The van der Waals surface area contributed by atoms with Crippen molar-refractivity contribution in [2.24, 2.45) is 5.92 Å². The number of hydrogen-bond donors (Lipinski definition) is 0. The summed E-state index contributed by atoms with van der Waals surface area (Å²) < 4.78 is 355. The van der Waals surface area contributed by atoms with Gasteiger partial charge in [-0.2, -0.15) is 83.4 Å². The number of halogens is 26. The van der Waals surface area contributed by atoms with Gasteiger partial charge in [-0.05, 0) is 0 Å². The van der Waals surface area contributed by atoms with Crippen LogP contribution in [-0.2, 0) is 14.3 Å². The van der Waals surface area contributed by atoms with Crippen LogP contribution >= 0.6 is 0 Å². The van der Waals surface area contributed by atoms with Crippen molar-refractivity contribution in [2.75, 3.05) is 13.3 Å². The maximum absolute atomic E-state index is 15.0. The maximum Gasteiger partial charge on any atom is 0.462 e. The van der Waals surface area contributed by atoms with E-state index in [1.54, 1.807) is 0 Å². The quantitative estimate of drug-likeness (QED) is 0.168. The highest BCUT2D eigenvalue weighted by Crippen LogP contribution is 2.71. The molecular weight excluding hydrogens is 746 g/mol. The minimum atomic E-state index is -8.83. The number of carbonyl (C=O) groups is 1. The van der Waals surface area contributed by atoms with Crippen LogP contribution in [0.2, 0.25) is 0 Å². The molecule has 0 aromatic rings. The molecule has 274 valence electrons. The standard InChI is InChI=1S/C17H6F26O3/c18-1-6(21,2-19)4(20)3-7(22,23)10(27,12(30,31)11(28,29)8(3,24)25)16(40,41)45-5(44)9(26,14(34,35)36)46-17(42,43)13(32,33)15(37,38)39/h3-4H,1-2H2. The van der Waals surface area contributed by atoms with E-state index in [0.29, 0.717) is 0 Å². The fourth-order valence-corrected chi connectivity index (χ4v) is 3.37. The molecule has 4 unspecified atom stereocenters. The van der Waals surface area contributed by atoms with Crippen molar-refractivity contribution in [3.05, 3.63) is 0 Å². The van der Waals surface area contributed by atoms with E-state index in [1.807, 2.05) is 0 Å². The van der Waals surface area contributed by atoms with Gasteiger partial charge in [-0.25, -0.2) is 35.5 Å². The van der Waals surface area contributed by atoms with E-state index in [9.17, 15) is 115 Å². The Kier molecular flexibility index (Phi) is 9.78. The van der Waals surface area contributed by atoms with E-state index in [2.05, 4.69) is 0 Å². The number of ether oxygens (including phenoxy) is 2. The van der Waals surface area contributed by atoms with Crippen LogP contribution in [0.25, 0.3) is 0 Å². The Balaban J connectivity index is 4.05. The number of alkyl halides is 26. The molecule has 46 heavy (non-hydrogen) atoms. The molecule has 4 atom stereocenters. The molecule has 0 N–H and O–H groups in total. The Labute approximate surface area is 232 Å². The fraction of sp³-hybridized carbons (Fsp3) is 0.941. The first kappa shape index (κ1) is 41.6. The Hall–Kier alpha value is -2.39. The average Bonchev–Trinajstić information content (AvgIpc) is 2.83. The van der Waals surface area contributed by atoms with Gasteiger partial charge in [0.15, 0.2) is 11.8 Å². The van der Waals surface area contributed by atoms with Crippen LogP contribution in [0.15, 0.2) is 0 Å². The fourth-order valence-electron chi connectivity index (χ4n) is 3.37. The Morgan fingerprint density at radius 1 is 0.630 bits per heavy atom. The van der Waals surface area contributed by atoms with E-state index in [4.69, 9.17) is 0 Å². The van der Waals surface area contributed by atoms with Gasteiger partial charge in [0.25, 0.3) is 0 Å². The topological polar surface area (TPSA) is 35.5 Å². The van der Waals surface area contributed by atoms with Crippen LogP contribution in [0, 0.1) is 5.92 Å². The van der Waals surface area contributed by atoms with Crippen LogP contribution in [0.1, 0.15) is 0 Å². The summed E-state index contributed by atoms with van der Waals surface area (Å²) in [5.41, 5.74) is -14.5. The first-order valence-electron chi connectivity index (χ1n) is 10.3. The molecule has 0 aromatic heterocycles. The van der Waals surface area contributed by atoms with Gasteiger partial charge in [0.05, 0.1) is 0 Å². The van der Waals surface area contributed by atoms with Gasteiger partial charge in [0.1, 0.15) is 19.3 Å². The monoisotopic (exact) mass is 752 g/mol. The van der Waals surface area contributed by atoms with Gasteiger partial charge >= 0.3 is 71.7 Å². The SMILES string of the molecule is O=C(OC(F)(F)C1(F)C(F)(F)C(C(F)C(F)(CF)CF)C(F)(F)C(F)(F)C1(F)F)C(F)(OC(F)(F)C(F)(F)C(F)(F)F)C(F)(F)F. The van der Waals surface area contributed by atoms with Crippen molar-refractivity contribution in [1.82, 2.24) is 0 Å². The van der Waals surface area contributed by atoms with E-state index in [0.717, 1.165) is 0 Å². The molecule has 0 amide bonds. The van der Waals surface area contributed by atoms with Gasteiger partial charge in [0.2, 0.25) is 0 Å². The summed E-state index contributed by atoms with van der Waals surface area (Å²) in [5.74, 6) is -61.8. The van der Waals surface area contributed by atoms with Crippen molar-refractivity contribution in [3.63, 3.8) is 0 Å². The number of carbonyl (C=O) groups excluding carboxylic acids is 1. The van der Waals surface area contributed by atoms with Crippen molar-refractivity contribution < 1.29 is 128 Å². The Morgan fingerprint density at radius 3 is 1.35 bits per heavy atom. The third-order valence-electron chi connectivity index (χ3n) is 5.96. The second kappa shape index (κ2) is 10.8. The second-order valence-corrected chi connectivity index (χ2v) is 8.92. The van der Waals surface area contributed by atoms with E-state index in [1.165, 1.54) is 9.47 Å². The van der Waals surface area contributed by atoms with Gasteiger partial charge in [-0.3, -0.25) is 4.74 Å². The largest absolute Gasteiger partial charge is 0.462 e. The zero-order valence-corrected chi connectivity index (χ0v) is 20.1. The zero-order valence-electron chi connectivity index (χ0n) is 20.1. The summed E-state index contributed by atoms with van der Waals surface area (Å²) in [6.07, 6.45) is -38.7. The summed E-state index contributed by atoms with van der Waals surface area (Å²) in [6, 6.07) is 0. The predicted molar refractivity (Wildman–Crippen MR) is 85.8 cm³/mol. The molecule has 1 fully saturated rings. The molecule has 29 heteroatoms. The van der Waals surface area contributed by atoms with E-state index < -0.39 is 103 Å². The minimum absolute atomic E-state index is 1.26. The van der Waals surface area contributed by atoms with Crippen LogP contribution in [0.5, 0.6) is 0 Å². The molecule has 1 aliphatic carbocycles. The molecule has 0 aliphatic heterocycles. The van der Waals surface area contributed by atoms with E-state index in [-0.39, 0.29) is 0 Å². The first-order chi connectivity index (χ1) is 19.7. The van der Waals surface area contributed by atoms with Crippen molar-refractivity contribution >= 4 is 5.97 Å². The van der Waals surface area contributed by atoms with Gasteiger partial charge in [0, 0.05) is 0 Å². The van der Waals surface area contributed by atoms with Crippen LogP contribution < -0.4 is 0 Å². The van der Waals surface area contributed by atoms with Crippen molar-refractivity contribution in [3.8, 4) is 0 Å². The summed E-state index contributed by atoms with van der Waals surface area (Å²) in [5, 5.41) is 0. The summed E-state index contributed by atoms with van der Waals surface area (Å²) in [4.78, 5) is 11.3. The highest BCUT2D eigenvalue weighted by atomic mass is 19.4. The van der Waals surface area contributed by atoms with Crippen LogP contribution in [-0.4, -0.2) is 96.9 Å². The lowest BCUT2D eigenvalue weighted by molar-refractivity contribution is -0.499. The molecule has 0 bridgehead atoms. The predicted octanol–water partition coefficient (Wildman–Crippen LogP) is 8.02. The maximum atomic E-state index is 15.0. The number of hydrogen-bond acceptors (Lipinski definition) is 3. The first-order valence-corrected chi connectivity index (χ1v) is 10.3. The number of rotatable bonds is 10. The molecular formula is C17H6F26O3. The zero-order chi connectivity index (χ0) is 37.6. The summed E-state index contributed by atoms with van der Waals surface area (Å²) in [7, 11) is 0. The summed E-state index contributed by atoms with van der Waals surface area (Å²) in [6.45, 7) is -7.13. The van der Waals surface area contributed by atoms with Crippen LogP contribution in [0.4, 0.5) is 114 Å². The minimum Gasteiger partial charge on any atom is -0.393 e. The third kappa shape index (κ3) is 5.22. The Bertz CT molecular complexity index is 1140. The molecule has 1 saturated carbocycles. The highest BCUT2D eigenvalue weighted by molar-refractivity contribution is 5.79. The average molecular weight is 752 g/mol. The van der Waals surface area contributed by atoms with E-state index >= 15 is 4.39 Å². The van der Waals surface area contributed by atoms with Gasteiger partial charge in [-0.15, -0.1) is 0 Å². The number of esters is 1. The highest BCUT2D eigenvalue weighted by Gasteiger charge is 3.01. The van der Waals surface area contributed by atoms with Gasteiger partial charge < -0.3 is 4.74 Å². The molecule has 1 aliphatic rings. The molecule has 0 heterocycles. The molecule has 0 aromatic carbocycles. The summed E-state index contributed by atoms with van der Waals surface area (Å²) >= 11 is 0. The smallest absolute Gasteiger partial charge is 0.393 e. The third-order valence-corrected chi connectivity index (χ3v) is 5.96. The Morgan fingerprint density at radius 2 is 1.02 bits per heavy atom. The molecule has 0 radical (unpaired) electrons.